The lowest BCUT2D eigenvalue weighted by Crippen LogP contribution is -2.34. The fraction of sp³-hybridized carbons (Fsp3) is 0.278. The largest absolute Gasteiger partial charge is 0.322 e. The van der Waals surface area contributed by atoms with Gasteiger partial charge in [-0.3, -0.25) is 0 Å². The first-order chi connectivity index (χ1) is 10.6. The second-order valence-electron chi connectivity index (χ2n) is 5.67. The van der Waals surface area contributed by atoms with Crippen LogP contribution < -0.4 is 5.32 Å². The third-order valence-corrected chi connectivity index (χ3v) is 4.39. The lowest BCUT2D eigenvalue weighted by atomic mass is 10.0. The Bertz CT molecular complexity index is 686. The molecule has 114 valence electrons. The van der Waals surface area contributed by atoms with E-state index in [1.165, 1.54) is 0 Å². The molecule has 1 aliphatic heterocycles. The minimum absolute atomic E-state index is 0.0542. The molecule has 3 nitrogen and oxygen atoms in total. The van der Waals surface area contributed by atoms with E-state index in [-0.39, 0.29) is 12.1 Å². The highest BCUT2D eigenvalue weighted by Gasteiger charge is 2.31. The van der Waals surface area contributed by atoms with Crippen molar-refractivity contribution < 1.29 is 4.79 Å². The molecule has 0 spiro atoms. The molecule has 0 radical (unpaired) electrons. The van der Waals surface area contributed by atoms with Crippen molar-refractivity contribution in [3.63, 3.8) is 0 Å². The van der Waals surface area contributed by atoms with Crippen LogP contribution in [0.2, 0.25) is 5.02 Å². The highest BCUT2D eigenvalue weighted by atomic mass is 35.5. The van der Waals surface area contributed by atoms with Crippen LogP contribution in [0.1, 0.15) is 30.0 Å². The topological polar surface area (TPSA) is 32.3 Å². The fourth-order valence-corrected chi connectivity index (χ4v) is 3.26. The standard InChI is InChI=1S/C18H19ClN2O/c1-13-6-4-7-14(12-13)20-18(22)21-11-5-10-17(21)15-8-2-3-9-16(15)19/h2-4,6-9,12,17H,5,10-11H2,1H3,(H,20,22)/t17-/m0/s1. The van der Waals surface area contributed by atoms with Crippen LogP contribution in [-0.4, -0.2) is 17.5 Å². The second-order valence-corrected chi connectivity index (χ2v) is 6.08. The zero-order valence-electron chi connectivity index (χ0n) is 12.6. The predicted molar refractivity (Wildman–Crippen MR) is 90.3 cm³/mol. The fourth-order valence-electron chi connectivity index (χ4n) is 3.00. The molecule has 2 aromatic rings. The van der Waals surface area contributed by atoms with E-state index in [0.29, 0.717) is 0 Å². The van der Waals surface area contributed by atoms with Gasteiger partial charge in [-0.1, -0.05) is 41.9 Å². The van der Waals surface area contributed by atoms with Crippen molar-refractivity contribution >= 4 is 23.3 Å². The van der Waals surface area contributed by atoms with Crippen molar-refractivity contribution in [2.75, 3.05) is 11.9 Å². The minimum Gasteiger partial charge on any atom is -0.317 e. The molecule has 1 saturated heterocycles. The van der Waals surface area contributed by atoms with Crippen LogP contribution >= 0.6 is 11.6 Å². The Hall–Kier alpha value is -2.00. The average Bonchev–Trinajstić information content (AvgIpc) is 2.97. The molecule has 1 heterocycles. The Labute approximate surface area is 135 Å². The van der Waals surface area contributed by atoms with E-state index in [9.17, 15) is 4.79 Å². The monoisotopic (exact) mass is 314 g/mol. The van der Waals surface area contributed by atoms with Crippen molar-refractivity contribution in [2.24, 2.45) is 0 Å². The van der Waals surface area contributed by atoms with E-state index in [0.717, 1.165) is 41.2 Å². The molecule has 1 N–H and O–H groups in total. The highest BCUT2D eigenvalue weighted by Crippen LogP contribution is 2.35. The van der Waals surface area contributed by atoms with Gasteiger partial charge < -0.3 is 10.2 Å². The van der Waals surface area contributed by atoms with Crippen LogP contribution in [0.15, 0.2) is 48.5 Å². The molecule has 1 atom stereocenters. The predicted octanol–water partition coefficient (Wildman–Crippen LogP) is 5.02. The number of nitrogens with zero attached hydrogens (tertiary/aromatic N) is 1. The zero-order chi connectivity index (χ0) is 15.5. The van der Waals surface area contributed by atoms with Crippen LogP contribution in [0.25, 0.3) is 0 Å². The Morgan fingerprint density at radius 3 is 2.82 bits per heavy atom. The average molecular weight is 315 g/mol. The molecule has 0 unspecified atom stereocenters. The van der Waals surface area contributed by atoms with Crippen molar-refractivity contribution in [3.05, 3.63) is 64.7 Å². The van der Waals surface area contributed by atoms with Crippen molar-refractivity contribution in [1.29, 1.82) is 0 Å². The SMILES string of the molecule is Cc1cccc(NC(=O)N2CCC[C@H]2c2ccccc2Cl)c1. The molecule has 0 aliphatic carbocycles. The third kappa shape index (κ3) is 3.09. The number of rotatable bonds is 2. The molecule has 1 aliphatic rings. The molecule has 2 amide bonds. The maximum atomic E-state index is 12.6. The summed E-state index contributed by atoms with van der Waals surface area (Å²) in [4.78, 5) is 14.5. The Kier molecular flexibility index (Phi) is 4.34. The summed E-state index contributed by atoms with van der Waals surface area (Å²) >= 11 is 6.30. The number of amides is 2. The maximum Gasteiger partial charge on any atom is 0.322 e. The minimum atomic E-state index is -0.0620. The van der Waals surface area contributed by atoms with Gasteiger partial charge in [-0.05, 0) is 49.1 Å². The van der Waals surface area contributed by atoms with Gasteiger partial charge in [-0.15, -0.1) is 0 Å². The van der Waals surface area contributed by atoms with Crippen LogP contribution in [0, 0.1) is 6.92 Å². The number of benzene rings is 2. The van der Waals surface area contributed by atoms with Gasteiger partial charge in [0.15, 0.2) is 0 Å². The number of carbonyl (C=O) groups excluding carboxylic acids is 1. The number of carbonyl (C=O) groups is 1. The number of likely N-dealkylation sites (tertiary alicyclic amines) is 1. The quantitative estimate of drug-likeness (QED) is 0.829. The van der Waals surface area contributed by atoms with Gasteiger partial charge in [-0.25, -0.2) is 4.79 Å². The lowest BCUT2D eigenvalue weighted by Gasteiger charge is -2.26. The van der Waals surface area contributed by atoms with Gasteiger partial charge in [0.2, 0.25) is 0 Å². The van der Waals surface area contributed by atoms with E-state index < -0.39 is 0 Å². The lowest BCUT2D eigenvalue weighted by molar-refractivity contribution is 0.207. The van der Waals surface area contributed by atoms with Gasteiger partial charge in [0.25, 0.3) is 0 Å². The van der Waals surface area contributed by atoms with Crippen LogP contribution in [-0.2, 0) is 0 Å². The number of hydrogen-bond donors (Lipinski definition) is 1. The number of anilines is 1. The molecule has 22 heavy (non-hydrogen) atoms. The number of urea groups is 1. The second kappa shape index (κ2) is 6.41. The van der Waals surface area contributed by atoms with E-state index in [4.69, 9.17) is 11.6 Å². The van der Waals surface area contributed by atoms with E-state index >= 15 is 0 Å². The molecule has 0 aromatic heterocycles. The smallest absolute Gasteiger partial charge is 0.317 e. The van der Waals surface area contributed by atoms with Gasteiger partial charge in [0.05, 0.1) is 6.04 Å². The summed E-state index contributed by atoms with van der Waals surface area (Å²) in [5.41, 5.74) is 2.98. The molecular weight excluding hydrogens is 296 g/mol. The highest BCUT2D eigenvalue weighted by molar-refractivity contribution is 6.31. The van der Waals surface area contributed by atoms with Gasteiger partial charge >= 0.3 is 6.03 Å². The first kappa shape index (κ1) is 14.9. The Morgan fingerprint density at radius 2 is 2.05 bits per heavy atom. The zero-order valence-corrected chi connectivity index (χ0v) is 13.3. The summed E-state index contributed by atoms with van der Waals surface area (Å²) in [6, 6.07) is 15.6. The van der Waals surface area contributed by atoms with Gasteiger partial charge in [-0.2, -0.15) is 0 Å². The molecule has 0 saturated carbocycles. The number of nitrogens with one attached hydrogen (secondary N) is 1. The molecular formula is C18H19ClN2O. The summed E-state index contributed by atoms with van der Waals surface area (Å²) in [5, 5.41) is 3.71. The van der Waals surface area contributed by atoms with E-state index in [1.54, 1.807) is 0 Å². The summed E-state index contributed by atoms with van der Waals surface area (Å²) < 4.78 is 0. The number of aryl methyl sites for hydroxylation is 1. The number of hydrogen-bond acceptors (Lipinski definition) is 1. The van der Waals surface area contributed by atoms with Crippen LogP contribution in [0.3, 0.4) is 0 Å². The third-order valence-electron chi connectivity index (χ3n) is 4.05. The van der Waals surface area contributed by atoms with Crippen molar-refractivity contribution in [2.45, 2.75) is 25.8 Å². The molecule has 0 bridgehead atoms. The van der Waals surface area contributed by atoms with Crippen molar-refractivity contribution in [1.82, 2.24) is 4.90 Å². The van der Waals surface area contributed by atoms with Crippen LogP contribution in [0.5, 0.6) is 0 Å². The molecule has 4 heteroatoms. The summed E-state index contributed by atoms with van der Waals surface area (Å²) in [6.07, 6.45) is 1.95. The summed E-state index contributed by atoms with van der Waals surface area (Å²) in [5.74, 6) is 0. The first-order valence-electron chi connectivity index (χ1n) is 7.54. The van der Waals surface area contributed by atoms with Gasteiger partial charge in [0, 0.05) is 17.3 Å². The van der Waals surface area contributed by atoms with Crippen molar-refractivity contribution in [3.8, 4) is 0 Å². The molecule has 2 aromatic carbocycles. The molecule has 1 fully saturated rings. The molecule has 3 rings (SSSR count). The number of halogens is 1. The summed E-state index contributed by atoms with van der Waals surface area (Å²) in [6.45, 7) is 2.77. The first-order valence-corrected chi connectivity index (χ1v) is 7.91. The van der Waals surface area contributed by atoms with Gasteiger partial charge in [0.1, 0.15) is 0 Å². The Morgan fingerprint density at radius 1 is 1.23 bits per heavy atom. The van der Waals surface area contributed by atoms with Crippen LogP contribution in [0.4, 0.5) is 10.5 Å². The Balaban J connectivity index is 1.78. The maximum absolute atomic E-state index is 12.6. The van der Waals surface area contributed by atoms with E-state index in [1.807, 2.05) is 60.4 Å². The normalized spacial score (nSPS) is 17.5. The van der Waals surface area contributed by atoms with E-state index in [2.05, 4.69) is 5.32 Å². The summed E-state index contributed by atoms with van der Waals surface area (Å²) in [7, 11) is 0.